The minimum absolute atomic E-state index is 0.0513. The summed E-state index contributed by atoms with van der Waals surface area (Å²) >= 11 is 6.81. The van der Waals surface area contributed by atoms with Crippen LogP contribution in [0.3, 0.4) is 0 Å². The van der Waals surface area contributed by atoms with E-state index < -0.39 is 12.1 Å². The van der Waals surface area contributed by atoms with Gasteiger partial charge in [-0.05, 0) is 46.5 Å². The van der Waals surface area contributed by atoms with Gasteiger partial charge in [-0.2, -0.15) is 13.2 Å². The first-order chi connectivity index (χ1) is 8.91. The van der Waals surface area contributed by atoms with Gasteiger partial charge in [0, 0.05) is 22.9 Å². The van der Waals surface area contributed by atoms with E-state index in [1.165, 1.54) is 0 Å². The molecule has 0 bridgehead atoms. The van der Waals surface area contributed by atoms with Crippen LogP contribution in [0.1, 0.15) is 18.4 Å². The highest BCUT2D eigenvalue weighted by Crippen LogP contribution is 2.37. The Kier molecular flexibility index (Phi) is 4.82. The third kappa shape index (κ3) is 3.66. The van der Waals surface area contributed by atoms with E-state index in [0.717, 1.165) is 21.1 Å². The lowest BCUT2D eigenvalue weighted by Gasteiger charge is -2.35. The zero-order chi connectivity index (χ0) is 14.0. The first kappa shape index (κ1) is 15.2. The number of hydrogen-bond donors (Lipinski definition) is 0. The predicted octanol–water partition coefficient (Wildman–Crippen LogP) is 5.12. The Labute approximate surface area is 127 Å². The summed E-state index contributed by atoms with van der Waals surface area (Å²) in [4.78, 5) is 1.82. The molecule has 1 atom stereocenters. The highest BCUT2D eigenvalue weighted by atomic mass is 79.9. The first-order valence-electron chi connectivity index (χ1n) is 6.08. The summed E-state index contributed by atoms with van der Waals surface area (Å²) in [5.41, 5.74) is 1.94. The lowest BCUT2D eigenvalue weighted by molar-refractivity contribution is -0.175. The van der Waals surface area contributed by atoms with Crippen LogP contribution in [0.15, 0.2) is 22.7 Å². The molecule has 1 aliphatic heterocycles. The minimum Gasteiger partial charge on any atom is -0.370 e. The number of benzene rings is 1. The maximum atomic E-state index is 12.8. The molecule has 0 amide bonds. The Morgan fingerprint density at radius 3 is 2.63 bits per heavy atom. The van der Waals surface area contributed by atoms with E-state index in [1.54, 1.807) is 0 Å². The maximum absolute atomic E-state index is 12.8. The Hall–Kier alpha value is -0.230. The lowest BCUT2D eigenvalue weighted by atomic mass is 9.97. The Morgan fingerprint density at radius 1 is 1.32 bits per heavy atom. The molecule has 1 unspecified atom stereocenters. The van der Waals surface area contributed by atoms with Crippen LogP contribution in [0.4, 0.5) is 18.9 Å². The zero-order valence-electron chi connectivity index (χ0n) is 10.2. The first-order valence-corrected chi connectivity index (χ1v) is 7.99. The quantitative estimate of drug-likeness (QED) is 0.622. The summed E-state index contributed by atoms with van der Waals surface area (Å²) in [6.07, 6.45) is -3.28. The molecule has 1 fully saturated rings. The average Bonchev–Trinajstić information content (AvgIpc) is 2.37. The van der Waals surface area contributed by atoms with E-state index in [0.29, 0.717) is 13.0 Å². The summed E-state index contributed by atoms with van der Waals surface area (Å²) in [6, 6.07) is 5.77. The van der Waals surface area contributed by atoms with Gasteiger partial charge in [-0.3, -0.25) is 0 Å². The van der Waals surface area contributed by atoms with Gasteiger partial charge in [0.2, 0.25) is 0 Å². The largest absolute Gasteiger partial charge is 0.393 e. The highest BCUT2D eigenvalue weighted by molar-refractivity contribution is 9.10. The molecular weight excluding hydrogens is 387 g/mol. The van der Waals surface area contributed by atoms with Gasteiger partial charge in [0.05, 0.1) is 11.6 Å². The summed E-state index contributed by atoms with van der Waals surface area (Å²) < 4.78 is 39.3. The van der Waals surface area contributed by atoms with E-state index in [9.17, 15) is 13.2 Å². The lowest BCUT2D eigenvalue weighted by Crippen LogP contribution is -2.41. The Balaban J connectivity index is 2.17. The Morgan fingerprint density at radius 2 is 2.05 bits per heavy atom. The fraction of sp³-hybridized carbons (Fsp3) is 0.538. The third-order valence-electron chi connectivity index (χ3n) is 3.39. The van der Waals surface area contributed by atoms with Gasteiger partial charge in [0.1, 0.15) is 0 Å². The molecule has 0 radical (unpaired) electrons. The van der Waals surface area contributed by atoms with Crippen LogP contribution in [0.2, 0.25) is 0 Å². The standard InChI is InChI=1S/C13H14Br2F3N/c14-7-9-3-4-12(11(15)6-9)19-5-1-2-10(8-19)13(16,17)18/h3-4,6,10H,1-2,5,7-8H2. The molecule has 1 aliphatic rings. The Bertz CT molecular complexity index is 448. The molecular formula is C13H14Br2F3N. The van der Waals surface area contributed by atoms with Crippen molar-refractivity contribution in [3.05, 3.63) is 28.2 Å². The van der Waals surface area contributed by atoms with Crippen molar-refractivity contribution < 1.29 is 13.2 Å². The molecule has 1 aromatic rings. The topological polar surface area (TPSA) is 3.24 Å². The van der Waals surface area contributed by atoms with Crippen molar-refractivity contribution in [2.24, 2.45) is 5.92 Å². The summed E-state index contributed by atoms with van der Waals surface area (Å²) in [7, 11) is 0. The average molecular weight is 401 g/mol. The van der Waals surface area contributed by atoms with E-state index in [1.807, 2.05) is 23.1 Å². The maximum Gasteiger partial charge on any atom is 0.393 e. The van der Waals surface area contributed by atoms with Gasteiger partial charge >= 0.3 is 6.18 Å². The van der Waals surface area contributed by atoms with Crippen molar-refractivity contribution in [1.82, 2.24) is 0 Å². The van der Waals surface area contributed by atoms with Crippen LogP contribution in [-0.2, 0) is 5.33 Å². The minimum atomic E-state index is -4.10. The number of halogens is 5. The van der Waals surface area contributed by atoms with Crippen molar-refractivity contribution in [3.8, 4) is 0 Å². The van der Waals surface area contributed by atoms with Crippen LogP contribution in [-0.4, -0.2) is 19.3 Å². The van der Waals surface area contributed by atoms with Crippen LogP contribution in [0.25, 0.3) is 0 Å². The molecule has 1 aromatic carbocycles. The molecule has 2 rings (SSSR count). The highest BCUT2D eigenvalue weighted by Gasteiger charge is 2.42. The van der Waals surface area contributed by atoms with E-state index >= 15 is 0 Å². The van der Waals surface area contributed by atoms with Gasteiger partial charge in [-0.25, -0.2) is 0 Å². The SMILES string of the molecule is FC(F)(F)C1CCCN(c2ccc(CBr)cc2Br)C1. The fourth-order valence-electron chi connectivity index (χ4n) is 2.35. The second-order valence-electron chi connectivity index (χ2n) is 4.75. The van der Waals surface area contributed by atoms with Crippen molar-refractivity contribution in [3.63, 3.8) is 0 Å². The molecule has 0 aromatic heterocycles. The van der Waals surface area contributed by atoms with Crippen molar-refractivity contribution in [2.45, 2.75) is 24.3 Å². The monoisotopic (exact) mass is 399 g/mol. The normalized spacial score (nSPS) is 20.7. The van der Waals surface area contributed by atoms with E-state index in [-0.39, 0.29) is 13.0 Å². The van der Waals surface area contributed by atoms with E-state index in [4.69, 9.17) is 0 Å². The molecule has 106 valence electrons. The molecule has 1 heterocycles. The summed E-state index contributed by atoms with van der Waals surface area (Å²) in [5, 5.41) is 0.733. The zero-order valence-corrected chi connectivity index (χ0v) is 13.4. The molecule has 6 heteroatoms. The van der Waals surface area contributed by atoms with Gasteiger partial charge < -0.3 is 4.90 Å². The fourth-order valence-corrected chi connectivity index (χ4v) is 3.38. The van der Waals surface area contributed by atoms with Gasteiger partial charge in [0.15, 0.2) is 0 Å². The second-order valence-corrected chi connectivity index (χ2v) is 6.16. The molecule has 1 saturated heterocycles. The van der Waals surface area contributed by atoms with Crippen LogP contribution in [0, 0.1) is 5.92 Å². The number of hydrogen-bond acceptors (Lipinski definition) is 1. The number of piperidine rings is 1. The third-order valence-corrected chi connectivity index (χ3v) is 4.67. The molecule has 0 aliphatic carbocycles. The number of rotatable bonds is 2. The number of alkyl halides is 4. The van der Waals surface area contributed by atoms with Gasteiger partial charge in [0.25, 0.3) is 0 Å². The number of nitrogens with zero attached hydrogens (tertiary/aromatic N) is 1. The van der Waals surface area contributed by atoms with Gasteiger partial charge in [-0.15, -0.1) is 0 Å². The molecule has 0 saturated carbocycles. The molecule has 19 heavy (non-hydrogen) atoms. The molecule has 0 N–H and O–H groups in total. The smallest absolute Gasteiger partial charge is 0.370 e. The van der Waals surface area contributed by atoms with Crippen LogP contribution >= 0.6 is 31.9 Å². The van der Waals surface area contributed by atoms with Gasteiger partial charge in [-0.1, -0.05) is 22.0 Å². The van der Waals surface area contributed by atoms with Crippen LogP contribution < -0.4 is 4.90 Å². The molecule has 1 nitrogen and oxygen atoms in total. The molecule has 0 spiro atoms. The van der Waals surface area contributed by atoms with E-state index in [2.05, 4.69) is 31.9 Å². The number of anilines is 1. The summed E-state index contributed by atoms with van der Waals surface area (Å²) in [5.74, 6) is -1.22. The van der Waals surface area contributed by atoms with Crippen molar-refractivity contribution >= 4 is 37.5 Å². The van der Waals surface area contributed by atoms with Crippen molar-refractivity contribution in [1.29, 1.82) is 0 Å². The second kappa shape index (κ2) is 6.04. The summed E-state index contributed by atoms with van der Waals surface area (Å²) in [6.45, 7) is 0.731. The van der Waals surface area contributed by atoms with Crippen molar-refractivity contribution in [2.75, 3.05) is 18.0 Å². The van der Waals surface area contributed by atoms with Crippen LogP contribution in [0.5, 0.6) is 0 Å². The predicted molar refractivity (Wildman–Crippen MR) is 77.8 cm³/mol.